The molecule has 3 aromatic heterocycles. The number of carbonyl (C=O) groups is 1. The van der Waals surface area contributed by atoms with Crippen LogP contribution in [0.4, 0.5) is 10.9 Å². The van der Waals surface area contributed by atoms with E-state index in [1.54, 1.807) is 12.3 Å². The van der Waals surface area contributed by atoms with Crippen molar-refractivity contribution < 1.29 is 4.79 Å². The highest BCUT2D eigenvalue weighted by atomic mass is 32.1. The maximum atomic E-state index is 13.1. The van der Waals surface area contributed by atoms with E-state index in [9.17, 15) is 4.79 Å². The summed E-state index contributed by atoms with van der Waals surface area (Å²) in [5.41, 5.74) is 7.97. The van der Waals surface area contributed by atoms with Gasteiger partial charge in [0.2, 0.25) is 5.95 Å². The molecule has 7 nitrogen and oxygen atoms in total. The number of fused-ring (bicyclic) bond motifs is 1. The molecule has 3 N–H and O–H groups in total. The van der Waals surface area contributed by atoms with Crippen LogP contribution < -0.4 is 11.1 Å². The predicted octanol–water partition coefficient (Wildman–Crippen LogP) is 3.32. The quantitative estimate of drug-likeness (QED) is 0.718. The number of hydrogen-bond acceptors (Lipinski definition) is 7. The van der Waals surface area contributed by atoms with Gasteiger partial charge in [0.05, 0.1) is 27.0 Å². The number of likely N-dealkylation sites (tertiary alicyclic amines) is 1. The smallest absolute Gasteiger partial charge is 0.274 e. The molecule has 0 aromatic carbocycles. The number of hydrogen-bond donors (Lipinski definition) is 2. The number of amides is 1. The summed E-state index contributed by atoms with van der Waals surface area (Å²) in [4.78, 5) is 28.4. The van der Waals surface area contributed by atoms with E-state index in [2.05, 4.69) is 27.2 Å². The number of nitrogens with one attached hydrogen (secondary N) is 1. The summed E-state index contributed by atoms with van der Waals surface area (Å²) in [6.45, 7) is 5.67. The lowest BCUT2D eigenvalue weighted by atomic mass is 10.2. The maximum Gasteiger partial charge on any atom is 0.274 e. The Kier molecular flexibility index (Phi) is 4.65. The first kappa shape index (κ1) is 17.7. The zero-order valence-electron chi connectivity index (χ0n) is 15.3. The molecule has 0 aliphatic carbocycles. The minimum Gasteiger partial charge on any atom is -0.391 e. The van der Waals surface area contributed by atoms with Gasteiger partial charge in [0, 0.05) is 19.3 Å². The van der Waals surface area contributed by atoms with Crippen molar-refractivity contribution in [1.29, 1.82) is 0 Å². The molecule has 2 unspecified atom stereocenters. The average Bonchev–Trinajstić information content (AvgIpc) is 3.26. The summed E-state index contributed by atoms with van der Waals surface area (Å²) in [5, 5.41) is 3.89. The molecule has 2 atom stereocenters. The van der Waals surface area contributed by atoms with Gasteiger partial charge in [-0.3, -0.25) is 9.78 Å². The first-order valence-corrected chi connectivity index (χ1v) is 9.86. The van der Waals surface area contributed by atoms with Crippen molar-refractivity contribution in [3.63, 3.8) is 0 Å². The fourth-order valence-electron chi connectivity index (χ4n) is 3.33. The Balaban J connectivity index is 1.69. The molecule has 4 rings (SSSR count). The molecular formula is C19H22N6OS. The highest BCUT2D eigenvalue weighted by Gasteiger charge is 2.28. The van der Waals surface area contributed by atoms with Crippen LogP contribution in [0.3, 0.4) is 0 Å². The van der Waals surface area contributed by atoms with Gasteiger partial charge in [-0.15, -0.1) is 11.3 Å². The van der Waals surface area contributed by atoms with Crippen molar-refractivity contribution >= 4 is 38.4 Å². The second-order valence-electron chi connectivity index (χ2n) is 7.02. The predicted molar refractivity (Wildman–Crippen MR) is 108 cm³/mol. The third-order valence-electron chi connectivity index (χ3n) is 4.78. The summed E-state index contributed by atoms with van der Waals surface area (Å²) >= 11 is 1.36. The topological polar surface area (TPSA) is 97.0 Å². The third-order valence-corrected chi connectivity index (χ3v) is 5.74. The molecule has 1 amide bonds. The SMILES string of the molecule is CC1CCN(C(=O)c2nc(NC(C)c3ccccn3)nc3cc(N)sc23)C1. The number of anilines is 2. The summed E-state index contributed by atoms with van der Waals surface area (Å²) in [6.07, 6.45) is 2.77. The normalized spacial score (nSPS) is 18.0. The number of carbonyl (C=O) groups excluding carboxylic acids is 1. The van der Waals surface area contributed by atoms with Crippen molar-refractivity contribution in [3.05, 3.63) is 41.9 Å². The number of rotatable bonds is 4. The Morgan fingerprint density at radius 1 is 1.41 bits per heavy atom. The lowest BCUT2D eigenvalue weighted by molar-refractivity contribution is 0.0784. The molecule has 27 heavy (non-hydrogen) atoms. The number of nitrogen functional groups attached to an aromatic ring is 1. The van der Waals surface area contributed by atoms with Crippen LogP contribution in [-0.2, 0) is 0 Å². The van der Waals surface area contributed by atoms with Crippen molar-refractivity contribution in [2.24, 2.45) is 5.92 Å². The van der Waals surface area contributed by atoms with Crippen LogP contribution in [0.1, 0.15) is 42.5 Å². The van der Waals surface area contributed by atoms with E-state index in [0.717, 1.165) is 29.9 Å². The molecule has 1 aliphatic heterocycles. The van der Waals surface area contributed by atoms with Gasteiger partial charge in [-0.2, -0.15) is 0 Å². The van der Waals surface area contributed by atoms with Crippen LogP contribution in [0, 0.1) is 5.92 Å². The fraction of sp³-hybridized carbons (Fsp3) is 0.368. The number of pyridine rings is 1. The van der Waals surface area contributed by atoms with Crippen LogP contribution in [0.15, 0.2) is 30.5 Å². The first-order chi connectivity index (χ1) is 13.0. The van der Waals surface area contributed by atoms with Crippen molar-refractivity contribution in [2.45, 2.75) is 26.3 Å². The molecule has 3 aromatic rings. The standard InChI is InChI=1S/C19H22N6OS/c1-11-6-8-25(10-11)18(26)16-17-14(9-15(20)27-17)23-19(24-16)22-12(2)13-5-3-4-7-21-13/h3-5,7,9,11-12H,6,8,10,20H2,1-2H3,(H,22,23,24). The van der Waals surface area contributed by atoms with Gasteiger partial charge < -0.3 is 16.0 Å². The minimum absolute atomic E-state index is 0.0536. The van der Waals surface area contributed by atoms with Gasteiger partial charge in [0.1, 0.15) is 0 Å². The Morgan fingerprint density at radius 2 is 2.26 bits per heavy atom. The summed E-state index contributed by atoms with van der Waals surface area (Å²) in [5.74, 6) is 0.873. The van der Waals surface area contributed by atoms with E-state index in [4.69, 9.17) is 5.73 Å². The molecule has 1 saturated heterocycles. The fourth-order valence-corrected chi connectivity index (χ4v) is 4.17. The Hall–Kier alpha value is -2.74. The number of nitrogens with zero attached hydrogens (tertiary/aromatic N) is 4. The second-order valence-corrected chi connectivity index (χ2v) is 8.11. The van der Waals surface area contributed by atoms with E-state index < -0.39 is 0 Å². The molecular weight excluding hydrogens is 360 g/mol. The molecule has 0 spiro atoms. The Morgan fingerprint density at radius 3 is 2.96 bits per heavy atom. The van der Waals surface area contributed by atoms with Crippen LogP contribution in [-0.4, -0.2) is 38.8 Å². The summed E-state index contributed by atoms with van der Waals surface area (Å²) in [6, 6.07) is 7.46. The maximum absolute atomic E-state index is 13.1. The van der Waals surface area contributed by atoms with E-state index in [0.29, 0.717) is 28.1 Å². The second kappa shape index (κ2) is 7.11. The van der Waals surface area contributed by atoms with Gasteiger partial charge in [-0.25, -0.2) is 9.97 Å². The van der Waals surface area contributed by atoms with Crippen molar-refractivity contribution in [3.8, 4) is 0 Å². The highest BCUT2D eigenvalue weighted by Crippen LogP contribution is 2.31. The van der Waals surface area contributed by atoms with Gasteiger partial charge in [0.15, 0.2) is 5.69 Å². The van der Waals surface area contributed by atoms with E-state index >= 15 is 0 Å². The van der Waals surface area contributed by atoms with Gasteiger partial charge in [-0.05, 0) is 37.5 Å². The Bertz CT molecular complexity index is 973. The monoisotopic (exact) mass is 382 g/mol. The molecule has 140 valence electrons. The third kappa shape index (κ3) is 3.57. The number of nitrogens with two attached hydrogens (primary N) is 1. The van der Waals surface area contributed by atoms with Crippen LogP contribution in [0.2, 0.25) is 0 Å². The average molecular weight is 382 g/mol. The van der Waals surface area contributed by atoms with Gasteiger partial charge in [0.25, 0.3) is 5.91 Å². The molecule has 8 heteroatoms. The minimum atomic E-state index is -0.0885. The van der Waals surface area contributed by atoms with Crippen molar-refractivity contribution in [2.75, 3.05) is 24.1 Å². The van der Waals surface area contributed by atoms with E-state index in [1.807, 2.05) is 30.0 Å². The largest absolute Gasteiger partial charge is 0.391 e. The summed E-state index contributed by atoms with van der Waals surface area (Å²) < 4.78 is 0.744. The zero-order chi connectivity index (χ0) is 19.0. The lowest BCUT2D eigenvalue weighted by Crippen LogP contribution is -2.29. The summed E-state index contributed by atoms with van der Waals surface area (Å²) in [7, 11) is 0. The molecule has 0 bridgehead atoms. The van der Waals surface area contributed by atoms with Crippen LogP contribution >= 0.6 is 11.3 Å². The molecule has 1 aliphatic rings. The molecule has 0 saturated carbocycles. The zero-order valence-corrected chi connectivity index (χ0v) is 16.2. The van der Waals surface area contributed by atoms with E-state index in [1.165, 1.54) is 11.3 Å². The van der Waals surface area contributed by atoms with Crippen LogP contribution in [0.5, 0.6) is 0 Å². The van der Waals surface area contributed by atoms with Crippen LogP contribution in [0.25, 0.3) is 10.2 Å². The molecule has 1 fully saturated rings. The first-order valence-electron chi connectivity index (χ1n) is 9.05. The Labute approximate surface area is 161 Å². The number of aromatic nitrogens is 3. The number of thiophene rings is 1. The molecule has 0 radical (unpaired) electrons. The van der Waals surface area contributed by atoms with Crippen molar-refractivity contribution in [1.82, 2.24) is 19.9 Å². The van der Waals surface area contributed by atoms with Gasteiger partial charge >= 0.3 is 0 Å². The van der Waals surface area contributed by atoms with E-state index in [-0.39, 0.29) is 11.9 Å². The molecule has 4 heterocycles. The lowest BCUT2D eigenvalue weighted by Gasteiger charge is -2.17. The van der Waals surface area contributed by atoms with Gasteiger partial charge in [-0.1, -0.05) is 13.0 Å². The highest BCUT2D eigenvalue weighted by molar-refractivity contribution is 7.22.